The Hall–Kier alpha value is -2.62. The molecule has 136 valence electrons. The van der Waals surface area contributed by atoms with E-state index in [4.69, 9.17) is 9.47 Å². The lowest BCUT2D eigenvalue weighted by Gasteiger charge is -2.22. The predicted octanol–water partition coefficient (Wildman–Crippen LogP) is 4.95. The zero-order valence-electron chi connectivity index (χ0n) is 15.0. The highest BCUT2D eigenvalue weighted by Crippen LogP contribution is 2.35. The van der Waals surface area contributed by atoms with Gasteiger partial charge in [-0.1, -0.05) is 56.0 Å². The van der Waals surface area contributed by atoms with Gasteiger partial charge in [-0.3, -0.25) is 0 Å². The van der Waals surface area contributed by atoms with Crippen molar-refractivity contribution in [2.24, 2.45) is 5.92 Å². The SMILES string of the molecule is COC(=O)c1ccc(C(CC2CCCC2)OC(=O)c2ccccc2)cc1. The lowest BCUT2D eigenvalue weighted by molar-refractivity contribution is 0.0237. The fraction of sp³-hybridized carbons (Fsp3) is 0.364. The normalized spacial score (nSPS) is 15.4. The predicted molar refractivity (Wildman–Crippen MR) is 99.0 cm³/mol. The molecule has 1 saturated carbocycles. The molecule has 2 aromatic carbocycles. The van der Waals surface area contributed by atoms with Gasteiger partial charge < -0.3 is 9.47 Å². The fourth-order valence-corrected chi connectivity index (χ4v) is 3.52. The van der Waals surface area contributed by atoms with Gasteiger partial charge in [-0.25, -0.2) is 9.59 Å². The molecule has 1 aliphatic carbocycles. The van der Waals surface area contributed by atoms with Gasteiger partial charge in [0.1, 0.15) is 6.10 Å². The molecule has 1 aliphatic rings. The summed E-state index contributed by atoms with van der Waals surface area (Å²) in [6.45, 7) is 0. The van der Waals surface area contributed by atoms with Gasteiger partial charge in [0.05, 0.1) is 18.2 Å². The maximum Gasteiger partial charge on any atom is 0.338 e. The van der Waals surface area contributed by atoms with Crippen LogP contribution >= 0.6 is 0 Å². The smallest absolute Gasteiger partial charge is 0.338 e. The van der Waals surface area contributed by atoms with Crippen molar-refractivity contribution >= 4 is 11.9 Å². The molecule has 0 spiro atoms. The van der Waals surface area contributed by atoms with Crippen LogP contribution in [0, 0.1) is 5.92 Å². The number of hydrogen-bond acceptors (Lipinski definition) is 4. The van der Waals surface area contributed by atoms with Crippen molar-refractivity contribution in [3.05, 3.63) is 71.3 Å². The Labute approximate surface area is 154 Å². The maximum atomic E-state index is 12.5. The van der Waals surface area contributed by atoms with Gasteiger partial charge in [-0.05, 0) is 42.2 Å². The van der Waals surface area contributed by atoms with Crippen LogP contribution in [0.5, 0.6) is 0 Å². The second kappa shape index (κ2) is 8.65. The van der Waals surface area contributed by atoms with E-state index in [0.29, 0.717) is 17.0 Å². The van der Waals surface area contributed by atoms with E-state index in [2.05, 4.69) is 0 Å². The van der Waals surface area contributed by atoms with Crippen LogP contribution in [0.2, 0.25) is 0 Å². The number of esters is 2. The Balaban J connectivity index is 1.78. The fourth-order valence-electron chi connectivity index (χ4n) is 3.52. The molecule has 0 heterocycles. The van der Waals surface area contributed by atoms with E-state index >= 15 is 0 Å². The summed E-state index contributed by atoms with van der Waals surface area (Å²) in [6.07, 6.45) is 5.35. The van der Waals surface area contributed by atoms with E-state index in [0.717, 1.165) is 12.0 Å². The van der Waals surface area contributed by atoms with Crippen molar-refractivity contribution < 1.29 is 19.1 Å². The summed E-state index contributed by atoms with van der Waals surface area (Å²) < 4.78 is 10.6. The van der Waals surface area contributed by atoms with Gasteiger partial charge in [0.15, 0.2) is 0 Å². The van der Waals surface area contributed by atoms with Crippen molar-refractivity contribution in [1.29, 1.82) is 0 Å². The van der Waals surface area contributed by atoms with Crippen molar-refractivity contribution in [1.82, 2.24) is 0 Å². The largest absolute Gasteiger partial charge is 0.465 e. The van der Waals surface area contributed by atoms with Crippen molar-refractivity contribution in [2.45, 2.75) is 38.2 Å². The summed E-state index contributed by atoms with van der Waals surface area (Å²) in [7, 11) is 1.36. The lowest BCUT2D eigenvalue weighted by Crippen LogP contribution is -2.15. The average molecular weight is 352 g/mol. The Morgan fingerprint density at radius 2 is 1.54 bits per heavy atom. The Morgan fingerprint density at radius 3 is 2.15 bits per heavy atom. The molecule has 0 bridgehead atoms. The summed E-state index contributed by atoms with van der Waals surface area (Å²) >= 11 is 0. The van der Waals surface area contributed by atoms with Gasteiger partial charge in [0.2, 0.25) is 0 Å². The van der Waals surface area contributed by atoms with Crippen LogP contribution < -0.4 is 0 Å². The highest BCUT2D eigenvalue weighted by Gasteiger charge is 2.25. The zero-order valence-corrected chi connectivity index (χ0v) is 15.0. The summed E-state index contributed by atoms with van der Waals surface area (Å²) in [4.78, 5) is 24.2. The highest BCUT2D eigenvalue weighted by molar-refractivity contribution is 5.90. The molecule has 3 rings (SSSR count). The number of methoxy groups -OCH3 is 1. The number of rotatable bonds is 6. The van der Waals surface area contributed by atoms with E-state index in [1.807, 2.05) is 30.3 Å². The molecular formula is C22H24O4. The standard InChI is InChI=1S/C22H24O4/c1-25-21(23)19-13-11-17(12-14-19)20(15-16-7-5-6-8-16)26-22(24)18-9-3-2-4-10-18/h2-4,9-14,16,20H,5-8,15H2,1H3. The van der Waals surface area contributed by atoms with E-state index in [-0.39, 0.29) is 18.0 Å². The van der Waals surface area contributed by atoms with Crippen molar-refractivity contribution in [2.75, 3.05) is 7.11 Å². The first kappa shape index (κ1) is 18.2. The first-order valence-electron chi connectivity index (χ1n) is 9.11. The molecule has 0 saturated heterocycles. The molecule has 0 radical (unpaired) electrons. The third-order valence-corrected chi connectivity index (χ3v) is 4.98. The number of hydrogen-bond donors (Lipinski definition) is 0. The molecule has 26 heavy (non-hydrogen) atoms. The van der Waals surface area contributed by atoms with Crippen molar-refractivity contribution in [3.8, 4) is 0 Å². The molecule has 1 unspecified atom stereocenters. The van der Waals surface area contributed by atoms with E-state index in [1.165, 1.54) is 32.8 Å². The third kappa shape index (κ3) is 4.51. The van der Waals surface area contributed by atoms with Crippen LogP contribution in [0.25, 0.3) is 0 Å². The Kier molecular flexibility index (Phi) is 6.05. The molecule has 4 nitrogen and oxygen atoms in total. The zero-order chi connectivity index (χ0) is 18.4. The Morgan fingerprint density at radius 1 is 0.923 bits per heavy atom. The highest BCUT2D eigenvalue weighted by atomic mass is 16.5. The summed E-state index contributed by atoms with van der Waals surface area (Å²) in [6, 6.07) is 16.2. The van der Waals surface area contributed by atoms with Gasteiger partial charge in [-0.15, -0.1) is 0 Å². The van der Waals surface area contributed by atoms with Crippen LogP contribution in [-0.4, -0.2) is 19.0 Å². The van der Waals surface area contributed by atoms with Crippen LogP contribution in [0.15, 0.2) is 54.6 Å². The average Bonchev–Trinajstić information content (AvgIpc) is 3.21. The molecule has 0 aromatic heterocycles. The van der Waals surface area contributed by atoms with Gasteiger partial charge in [0, 0.05) is 0 Å². The van der Waals surface area contributed by atoms with E-state index in [1.54, 1.807) is 24.3 Å². The van der Waals surface area contributed by atoms with Crippen LogP contribution in [0.4, 0.5) is 0 Å². The first-order chi connectivity index (χ1) is 12.7. The third-order valence-electron chi connectivity index (χ3n) is 4.98. The van der Waals surface area contributed by atoms with Gasteiger partial charge >= 0.3 is 11.9 Å². The van der Waals surface area contributed by atoms with Crippen LogP contribution in [-0.2, 0) is 9.47 Å². The second-order valence-corrected chi connectivity index (χ2v) is 6.76. The minimum atomic E-state index is -0.370. The molecular weight excluding hydrogens is 328 g/mol. The molecule has 0 N–H and O–H groups in total. The summed E-state index contributed by atoms with van der Waals surface area (Å²) in [5, 5.41) is 0. The molecule has 1 fully saturated rings. The topological polar surface area (TPSA) is 52.6 Å². The van der Waals surface area contributed by atoms with Gasteiger partial charge in [0.25, 0.3) is 0 Å². The molecule has 1 atom stereocenters. The molecule has 4 heteroatoms. The minimum Gasteiger partial charge on any atom is -0.465 e. The van der Waals surface area contributed by atoms with E-state index < -0.39 is 0 Å². The number of benzene rings is 2. The lowest BCUT2D eigenvalue weighted by atomic mass is 9.95. The summed E-state index contributed by atoms with van der Waals surface area (Å²) in [5.41, 5.74) is 1.95. The maximum absolute atomic E-state index is 12.5. The number of carbonyl (C=O) groups is 2. The van der Waals surface area contributed by atoms with Gasteiger partial charge in [-0.2, -0.15) is 0 Å². The first-order valence-corrected chi connectivity index (χ1v) is 9.11. The number of ether oxygens (including phenoxy) is 2. The number of carbonyl (C=O) groups excluding carboxylic acids is 2. The molecule has 0 amide bonds. The minimum absolute atomic E-state index is 0.308. The summed E-state index contributed by atoms with van der Waals surface area (Å²) in [5.74, 6) is -0.111. The van der Waals surface area contributed by atoms with Crippen molar-refractivity contribution in [3.63, 3.8) is 0 Å². The monoisotopic (exact) mass is 352 g/mol. The quantitative estimate of drug-likeness (QED) is 0.690. The Bertz CT molecular complexity index is 730. The van der Waals surface area contributed by atoms with E-state index in [9.17, 15) is 9.59 Å². The molecule has 2 aromatic rings. The second-order valence-electron chi connectivity index (χ2n) is 6.76. The van der Waals surface area contributed by atoms with Crippen LogP contribution in [0.3, 0.4) is 0 Å². The molecule has 0 aliphatic heterocycles. The van der Waals surface area contributed by atoms with Crippen LogP contribution in [0.1, 0.15) is 64.5 Å².